The lowest BCUT2D eigenvalue weighted by molar-refractivity contribution is -0.165. The van der Waals surface area contributed by atoms with Crippen molar-refractivity contribution in [3.05, 3.63) is 39.5 Å². The summed E-state index contributed by atoms with van der Waals surface area (Å²) in [7, 11) is 0. The van der Waals surface area contributed by atoms with E-state index in [9.17, 15) is 19.8 Å². The van der Waals surface area contributed by atoms with Gasteiger partial charge in [-0.25, -0.2) is 0 Å². The van der Waals surface area contributed by atoms with E-state index in [1.54, 1.807) is 6.08 Å². The van der Waals surface area contributed by atoms with Gasteiger partial charge in [-0.3, -0.25) is 9.59 Å². The highest BCUT2D eigenvalue weighted by molar-refractivity contribution is 6.20. The molecule has 2 unspecified atom stereocenters. The molecule has 0 aliphatic heterocycles. The van der Waals surface area contributed by atoms with Gasteiger partial charge in [0.1, 0.15) is 0 Å². The number of hydrogen-bond acceptors (Lipinski definition) is 3. The first-order chi connectivity index (χ1) is 15.3. The number of carboxylic acids is 1. The van der Waals surface area contributed by atoms with Crippen LogP contribution < -0.4 is 10.4 Å². The second-order valence-electron chi connectivity index (χ2n) is 12.4. The largest absolute Gasteiger partial charge is 0.504 e. The number of aliphatic carboxylic acids is 1. The molecule has 5 rings (SSSR count). The Balaban J connectivity index is 1.75. The van der Waals surface area contributed by atoms with Gasteiger partial charge in [0.2, 0.25) is 5.78 Å². The predicted molar refractivity (Wildman–Crippen MR) is 130 cm³/mol. The summed E-state index contributed by atoms with van der Waals surface area (Å²) in [5.74, 6) is -0.827. The highest BCUT2D eigenvalue weighted by Gasteiger charge is 2.63. The average molecular weight is 449 g/mol. The molecule has 1 aromatic carbocycles. The monoisotopic (exact) mass is 448 g/mol. The number of carbonyl (C=O) groups is 2. The number of allylic oxidation sites excluding steroid dienone is 2. The maximum atomic E-state index is 12.5. The zero-order valence-electron chi connectivity index (χ0n) is 20.8. The van der Waals surface area contributed by atoms with Crippen LogP contribution in [0.15, 0.2) is 17.9 Å². The third-order valence-electron chi connectivity index (χ3n) is 10.7. The molecule has 33 heavy (non-hydrogen) atoms. The molecule has 2 fully saturated rings. The summed E-state index contributed by atoms with van der Waals surface area (Å²) < 4.78 is 0. The predicted octanol–water partition coefficient (Wildman–Crippen LogP) is 4.87. The van der Waals surface area contributed by atoms with Gasteiger partial charge in [0.15, 0.2) is 5.76 Å². The van der Waals surface area contributed by atoms with Crippen LogP contribution in [0.4, 0.5) is 0 Å². The number of benzene rings is 1. The van der Waals surface area contributed by atoms with Crippen LogP contribution in [-0.2, 0) is 15.0 Å². The van der Waals surface area contributed by atoms with Crippen molar-refractivity contribution in [3.63, 3.8) is 0 Å². The summed E-state index contributed by atoms with van der Waals surface area (Å²) in [6.07, 6.45) is 7.11. The third-order valence-corrected chi connectivity index (χ3v) is 10.7. The molecule has 4 aliphatic carbocycles. The SMILES string of the molecule is CC1=C(O)C(=O)C=c2c1ccc1c2=C(C)C[C@@]2(C)C3C[C@](C)(C(=O)O)CC[C@]3(C)CCC12C. The zero-order valence-corrected chi connectivity index (χ0v) is 20.8. The van der Waals surface area contributed by atoms with Gasteiger partial charge in [-0.15, -0.1) is 0 Å². The van der Waals surface area contributed by atoms with Crippen LogP contribution in [0.1, 0.15) is 91.2 Å². The van der Waals surface area contributed by atoms with Gasteiger partial charge < -0.3 is 10.2 Å². The minimum absolute atomic E-state index is 0.0614. The van der Waals surface area contributed by atoms with E-state index >= 15 is 0 Å². The van der Waals surface area contributed by atoms with Gasteiger partial charge in [0.25, 0.3) is 0 Å². The molecule has 0 heterocycles. The van der Waals surface area contributed by atoms with Gasteiger partial charge in [-0.05, 0) is 109 Å². The van der Waals surface area contributed by atoms with Crippen LogP contribution in [0.3, 0.4) is 0 Å². The van der Waals surface area contributed by atoms with Crippen molar-refractivity contribution < 1.29 is 19.8 Å². The average Bonchev–Trinajstić information content (AvgIpc) is 2.75. The Kier molecular flexibility index (Phi) is 4.49. The Labute approximate surface area is 196 Å². The molecule has 0 radical (unpaired) electrons. The van der Waals surface area contributed by atoms with Gasteiger partial charge in [-0.2, -0.15) is 0 Å². The van der Waals surface area contributed by atoms with Crippen LogP contribution in [0.25, 0.3) is 17.2 Å². The topological polar surface area (TPSA) is 74.6 Å². The number of carboxylic acid groups (broad SMARTS) is 1. The molecule has 2 saturated carbocycles. The Morgan fingerprint density at radius 2 is 1.70 bits per heavy atom. The summed E-state index contributed by atoms with van der Waals surface area (Å²) in [5.41, 5.74) is 3.46. The van der Waals surface area contributed by atoms with E-state index in [4.69, 9.17) is 0 Å². The molecule has 0 spiro atoms. The van der Waals surface area contributed by atoms with Gasteiger partial charge >= 0.3 is 5.97 Å². The zero-order chi connectivity index (χ0) is 24.1. The van der Waals surface area contributed by atoms with Crippen molar-refractivity contribution in [3.8, 4) is 0 Å². The summed E-state index contributed by atoms with van der Waals surface area (Å²) in [6, 6.07) is 4.29. The standard InChI is InChI=1S/C29H36O4/c1-16-14-29(6)22-15-27(4,25(32)33)10-9-26(22,3)11-12-28(29,5)20-8-7-18-17(2)24(31)21(30)13-19(18)23(16)20/h7-8,13,22,31H,9-12,14-15H2,1-6H3,(H,32,33)/t22?,26-,27-,28?,29+/m1/s1. The summed E-state index contributed by atoms with van der Waals surface area (Å²) in [4.78, 5) is 24.8. The number of carbonyl (C=O) groups excluding carboxylic acids is 1. The molecule has 4 heteroatoms. The molecule has 0 aromatic heterocycles. The fourth-order valence-electron chi connectivity index (χ4n) is 8.16. The van der Waals surface area contributed by atoms with Crippen LogP contribution >= 0.6 is 0 Å². The van der Waals surface area contributed by atoms with Gasteiger partial charge in [0.05, 0.1) is 5.41 Å². The second kappa shape index (κ2) is 6.61. The van der Waals surface area contributed by atoms with Crippen molar-refractivity contribution in [1.82, 2.24) is 0 Å². The lowest BCUT2D eigenvalue weighted by Gasteiger charge is -2.66. The third kappa shape index (κ3) is 2.70. The molecule has 176 valence electrons. The second-order valence-corrected chi connectivity index (χ2v) is 12.4. The first-order valence-electron chi connectivity index (χ1n) is 12.3. The Bertz CT molecular complexity index is 1270. The summed E-state index contributed by atoms with van der Waals surface area (Å²) in [6.45, 7) is 13.1. The number of ketones is 1. The normalized spacial score (nSPS) is 39.8. The summed E-state index contributed by atoms with van der Waals surface area (Å²) in [5, 5.41) is 22.4. The van der Waals surface area contributed by atoms with E-state index in [0.717, 1.165) is 49.3 Å². The molecular formula is C29H36O4. The molecule has 5 atom stereocenters. The quantitative estimate of drug-likeness (QED) is 0.643. The molecule has 0 saturated heterocycles. The van der Waals surface area contributed by atoms with Crippen LogP contribution in [-0.4, -0.2) is 22.0 Å². The van der Waals surface area contributed by atoms with Crippen LogP contribution in [0.5, 0.6) is 0 Å². The number of rotatable bonds is 1. The van der Waals surface area contributed by atoms with Crippen LogP contribution in [0.2, 0.25) is 0 Å². The highest BCUT2D eigenvalue weighted by Crippen LogP contribution is 2.69. The lowest BCUT2D eigenvalue weighted by Crippen LogP contribution is -2.63. The number of aliphatic hydroxyl groups is 1. The van der Waals surface area contributed by atoms with E-state index in [1.807, 2.05) is 13.8 Å². The minimum atomic E-state index is -0.672. The lowest BCUT2D eigenvalue weighted by atomic mass is 9.38. The number of aliphatic hydroxyl groups excluding tert-OH is 1. The molecule has 4 aliphatic rings. The number of hydrogen-bond donors (Lipinski definition) is 2. The molecule has 0 bridgehead atoms. The van der Waals surface area contributed by atoms with Crippen molar-refractivity contribution >= 4 is 29.0 Å². The first kappa shape index (κ1) is 22.4. The molecule has 2 N–H and O–H groups in total. The van der Waals surface area contributed by atoms with Gasteiger partial charge in [-0.1, -0.05) is 38.5 Å². The number of Topliss-reactive ketones (excluding diaryl/α,β-unsaturated/α-hetero) is 1. The Morgan fingerprint density at radius 3 is 2.36 bits per heavy atom. The smallest absolute Gasteiger partial charge is 0.309 e. The molecule has 0 amide bonds. The number of fused-ring (bicyclic) bond motifs is 7. The fourth-order valence-corrected chi connectivity index (χ4v) is 8.16. The molecule has 4 nitrogen and oxygen atoms in total. The van der Waals surface area contributed by atoms with E-state index in [2.05, 4.69) is 39.8 Å². The first-order valence-corrected chi connectivity index (χ1v) is 12.3. The maximum Gasteiger partial charge on any atom is 0.309 e. The maximum absolute atomic E-state index is 12.5. The molecular weight excluding hydrogens is 412 g/mol. The van der Waals surface area contributed by atoms with Crippen LogP contribution in [0, 0.1) is 22.2 Å². The van der Waals surface area contributed by atoms with E-state index in [-0.39, 0.29) is 27.8 Å². The van der Waals surface area contributed by atoms with Crippen molar-refractivity contribution in [2.45, 2.75) is 85.5 Å². The minimum Gasteiger partial charge on any atom is -0.504 e. The Morgan fingerprint density at radius 1 is 1.03 bits per heavy atom. The van der Waals surface area contributed by atoms with Crippen molar-refractivity contribution in [2.75, 3.05) is 0 Å². The van der Waals surface area contributed by atoms with Crippen molar-refractivity contribution in [1.29, 1.82) is 0 Å². The Hall–Kier alpha value is -2.36. The molecule has 1 aromatic rings. The fraction of sp³-hybridized carbons (Fsp3) is 0.586. The highest BCUT2D eigenvalue weighted by atomic mass is 16.4. The van der Waals surface area contributed by atoms with Crippen molar-refractivity contribution in [2.24, 2.45) is 22.2 Å². The van der Waals surface area contributed by atoms with E-state index in [0.29, 0.717) is 11.5 Å². The van der Waals surface area contributed by atoms with E-state index in [1.165, 1.54) is 16.4 Å². The van der Waals surface area contributed by atoms with E-state index < -0.39 is 11.4 Å². The van der Waals surface area contributed by atoms with Gasteiger partial charge in [0, 0.05) is 5.57 Å². The summed E-state index contributed by atoms with van der Waals surface area (Å²) >= 11 is 0.